The van der Waals surface area contributed by atoms with Gasteiger partial charge in [0.1, 0.15) is 10.8 Å². The van der Waals surface area contributed by atoms with Gasteiger partial charge in [0.05, 0.1) is 31.1 Å². The predicted octanol–water partition coefficient (Wildman–Crippen LogP) is 4.86. The van der Waals surface area contributed by atoms with Crippen molar-refractivity contribution in [2.45, 2.75) is 76.4 Å². The second-order valence-corrected chi connectivity index (χ2v) is 11.8. The fourth-order valence-corrected chi connectivity index (χ4v) is 6.59. The molecule has 0 aliphatic heterocycles. The maximum atomic E-state index is 13.2. The van der Waals surface area contributed by atoms with Gasteiger partial charge in [-0.1, -0.05) is 25.1 Å². The van der Waals surface area contributed by atoms with Crippen molar-refractivity contribution in [3.63, 3.8) is 0 Å². The predicted molar refractivity (Wildman–Crippen MR) is 155 cm³/mol. The average molecular weight is 586 g/mol. The van der Waals surface area contributed by atoms with Crippen LogP contribution in [0.4, 0.5) is 5.00 Å². The summed E-state index contributed by atoms with van der Waals surface area (Å²) < 4.78 is 12.4. The van der Waals surface area contributed by atoms with Gasteiger partial charge >= 0.3 is 5.97 Å². The van der Waals surface area contributed by atoms with E-state index in [2.05, 4.69) is 27.8 Å². The zero-order chi connectivity index (χ0) is 28.6. The van der Waals surface area contributed by atoms with Crippen LogP contribution < -0.4 is 15.4 Å². The molecular formula is C28H35N5O5S2. The Balaban J connectivity index is 1.44. The van der Waals surface area contributed by atoms with Gasteiger partial charge in [-0.15, -0.1) is 21.5 Å². The summed E-state index contributed by atoms with van der Waals surface area (Å²) in [6.07, 6.45) is 4.60. The summed E-state index contributed by atoms with van der Waals surface area (Å²) in [6, 6.07) is 6.87. The van der Waals surface area contributed by atoms with E-state index in [0.29, 0.717) is 39.4 Å². The maximum absolute atomic E-state index is 13.2. The van der Waals surface area contributed by atoms with E-state index in [1.807, 2.05) is 4.57 Å². The molecule has 0 bridgehead atoms. The van der Waals surface area contributed by atoms with Gasteiger partial charge in [-0.2, -0.15) is 0 Å². The molecule has 1 aromatic carbocycles. The lowest BCUT2D eigenvalue weighted by Crippen LogP contribution is -2.25. The highest BCUT2D eigenvalue weighted by Crippen LogP contribution is 2.40. The number of anilines is 1. The SMILES string of the molecule is CCCCn1c(CNC(=O)c2ccc(OC)cc2)nnc1SC(C)C(=O)Nc1sc2c(c1C(=O)OCC)CCC2. The average Bonchev–Trinajstić information content (AvgIpc) is 3.65. The number of carbonyl (C=O) groups is 3. The van der Waals surface area contributed by atoms with Gasteiger partial charge in [0.25, 0.3) is 5.91 Å². The van der Waals surface area contributed by atoms with Crippen LogP contribution >= 0.6 is 23.1 Å². The number of fused-ring (bicyclic) bond motifs is 1. The molecule has 0 saturated carbocycles. The monoisotopic (exact) mass is 585 g/mol. The zero-order valence-corrected chi connectivity index (χ0v) is 24.9. The van der Waals surface area contributed by atoms with E-state index >= 15 is 0 Å². The number of nitrogens with zero attached hydrogens (tertiary/aromatic N) is 3. The molecule has 1 aliphatic carbocycles. The van der Waals surface area contributed by atoms with E-state index in [0.717, 1.165) is 42.5 Å². The highest BCUT2D eigenvalue weighted by molar-refractivity contribution is 8.00. The van der Waals surface area contributed by atoms with Crippen LogP contribution in [0.5, 0.6) is 5.75 Å². The Morgan fingerprint density at radius 1 is 1.15 bits per heavy atom. The second kappa shape index (κ2) is 13.8. The van der Waals surface area contributed by atoms with Crippen LogP contribution in [0.3, 0.4) is 0 Å². The van der Waals surface area contributed by atoms with Crippen LogP contribution in [0, 0.1) is 0 Å². The number of thiophene rings is 1. The highest BCUT2D eigenvalue weighted by Gasteiger charge is 2.29. The lowest BCUT2D eigenvalue weighted by molar-refractivity contribution is -0.115. The first-order valence-electron chi connectivity index (χ1n) is 13.5. The molecule has 1 atom stereocenters. The van der Waals surface area contributed by atoms with Gasteiger partial charge in [0, 0.05) is 17.0 Å². The van der Waals surface area contributed by atoms with Gasteiger partial charge in [-0.05, 0) is 69.4 Å². The van der Waals surface area contributed by atoms with Crippen LogP contribution in [-0.2, 0) is 35.5 Å². The second-order valence-electron chi connectivity index (χ2n) is 9.35. The number of hydrogen-bond acceptors (Lipinski definition) is 9. The molecule has 2 amide bonds. The number of hydrogen-bond donors (Lipinski definition) is 2. The number of nitrogens with one attached hydrogen (secondary N) is 2. The van der Waals surface area contributed by atoms with Crippen molar-refractivity contribution in [3.8, 4) is 5.75 Å². The first-order chi connectivity index (χ1) is 19.4. The molecule has 40 heavy (non-hydrogen) atoms. The summed E-state index contributed by atoms with van der Waals surface area (Å²) in [4.78, 5) is 39.7. The molecule has 12 heteroatoms. The van der Waals surface area contributed by atoms with Gasteiger partial charge in [0.15, 0.2) is 11.0 Å². The van der Waals surface area contributed by atoms with Crippen LogP contribution in [0.25, 0.3) is 0 Å². The number of amides is 2. The fraction of sp³-hybridized carbons (Fsp3) is 0.464. The number of rotatable bonds is 13. The lowest BCUT2D eigenvalue weighted by Gasteiger charge is -2.14. The van der Waals surface area contributed by atoms with Crippen LogP contribution in [-0.4, -0.2) is 51.5 Å². The third kappa shape index (κ3) is 6.84. The van der Waals surface area contributed by atoms with Crippen LogP contribution in [0.1, 0.15) is 77.0 Å². The summed E-state index contributed by atoms with van der Waals surface area (Å²) in [5.41, 5.74) is 2.01. The van der Waals surface area contributed by atoms with Crippen molar-refractivity contribution >= 4 is 45.9 Å². The number of esters is 1. The molecule has 1 unspecified atom stereocenters. The molecule has 0 radical (unpaired) electrons. The van der Waals surface area contributed by atoms with Crippen molar-refractivity contribution in [1.29, 1.82) is 0 Å². The smallest absolute Gasteiger partial charge is 0.341 e. The van der Waals surface area contributed by atoms with Gasteiger partial charge in [-0.3, -0.25) is 9.59 Å². The molecule has 0 spiro atoms. The Kier molecular flexibility index (Phi) is 10.2. The van der Waals surface area contributed by atoms with Gasteiger partial charge < -0.3 is 24.7 Å². The van der Waals surface area contributed by atoms with Crippen molar-refractivity contribution in [2.24, 2.45) is 0 Å². The molecule has 214 valence electrons. The van der Waals surface area contributed by atoms with Gasteiger partial charge in [-0.25, -0.2) is 4.79 Å². The number of methoxy groups -OCH3 is 1. The van der Waals surface area contributed by atoms with E-state index in [1.165, 1.54) is 23.1 Å². The first kappa shape index (κ1) is 29.6. The highest BCUT2D eigenvalue weighted by atomic mass is 32.2. The number of ether oxygens (including phenoxy) is 2. The molecule has 2 N–H and O–H groups in total. The number of aryl methyl sites for hydroxylation is 1. The van der Waals surface area contributed by atoms with Gasteiger partial charge in [0.2, 0.25) is 5.91 Å². The van der Waals surface area contributed by atoms with E-state index < -0.39 is 11.2 Å². The minimum Gasteiger partial charge on any atom is -0.497 e. The summed E-state index contributed by atoms with van der Waals surface area (Å²) in [5, 5.41) is 15.2. The Morgan fingerprint density at radius 3 is 2.62 bits per heavy atom. The van der Waals surface area contributed by atoms with Crippen LogP contribution in [0.15, 0.2) is 29.4 Å². The molecule has 10 nitrogen and oxygen atoms in total. The maximum Gasteiger partial charge on any atom is 0.341 e. The quantitative estimate of drug-likeness (QED) is 0.215. The summed E-state index contributed by atoms with van der Waals surface area (Å²) in [5.74, 6) is 0.448. The Morgan fingerprint density at radius 2 is 1.93 bits per heavy atom. The molecule has 1 aliphatic rings. The Hall–Kier alpha value is -3.38. The van der Waals surface area contributed by atoms with E-state index in [1.54, 1.807) is 45.2 Å². The number of thioether (sulfide) groups is 1. The third-order valence-electron chi connectivity index (χ3n) is 6.58. The zero-order valence-electron chi connectivity index (χ0n) is 23.2. The fourth-order valence-electron chi connectivity index (χ4n) is 4.42. The standard InChI is InChI=1S/C28H35N5O5S2/c1-5-7-15-33-22(16-29-25(35)18-11-13-19(37-4)14-12-18)31-32-28(33)39-17(3)24(34)30-26-23(27(36)38-6-2)20-9-8-10-21(20)40-26/h11-14,17H,5-10,15-16H2,1-4H3,(H,29,35)(H,30,34). The molecule has 2 aromatic heterocycles. The van der Waals surface area contributed by atoms with Crippen molar-refractivity contribution in [3.05, 3.63) is 51.7 Å². The minimum atomic E-state index is -0.502. The number of benzene rings is 1. The van der Waals surface area contributed by atoms with E-state index in [4.69, 9.17) is 9.47 Å². The third-order valence-corrected chi connectivity index (χ3v) is 8.86. The van der Waals surface area contributed by atoms with Crippen molar-refractivity contribution < 1.29 is 23.9 Å². The molecule has 4 rings (SSSR count). The molecule has 3 aromatic rings. The Bertz CT molecular complexity index is 1350. The summed E-state index contributed by atoms with van der Waals surface area (Å²) >= 11 is 2.76. The molecular weight excluding hydrogens is 550 g/mol. The topological polar surface area (TPSA) is 124 Å². The number of aromatic nitrogens is 3. The molecule has 2 heterocycles. The lowest BCUT2D eigenvalue weighted by atomic mass is 10.1. The van der Waals surface area contributed by atoms with E-state index in [-0.39, 0.29) is 25.0 Å². The molecule has 0 saturated heterocycles. The first-order valence-corrected chi connectivity index (χ1v) is 15.2. The summed E-state index contributed by atoms with van der Waals surface area (Å²) in [6.45, 7) is 6.81. The number of carbonyl (C=O) groups excluding carboxylic acids is 3. The normalized spacial score (nSPS) is 13.0. The van der Waals surface area contributed by atoms with Crippen LogP contribution in [0.2, 0.25) is 0 Å². The van der Waals surface area contributed by atoms with E-state index in [9.17, 15) is 14.4 Å². The largest absolute Gasteiger partial charge is 0.497 e. The number of unbranched alkanes of at least 4 members (excludes halogenated alkanes) is 1. The van der Waals surface area contributed by atoms with Crippen molar-refractivity contribution in [1.82, 2.24) is 20.1 Å². The van der Waals surface area contributed by atoms with Crippen molar-refractivity contribution in [2.75, 3.05) is 19.0 Å². The Labute approximate surface area is 242 Å². The molecule has 0 fully saturated rings. The summed E-state index contributed by atoms with van der Waals surface area (Å²) in [7, 11) is 1.58. The minimum absolute atomic E-state index is 0.201.